The highest BCUT2D eigenvalue weighted by Gasteiger charge is 2.39. The van der Waals surface area contributed by atoms with Gasteiger partial charge in [0, 0.05) is 11.6 Å². The molecule has 2 rings (SSSR count). The third-order valence-corrected chi connectivity index (χ3v) is 3.09. The number of carbonyl (C=O) groups is 2. The predicted molar refractivity (Wildman–Crippen MR) is 80.2 cm³/mol. The van der Waals surface area contributed by atoms with Crippen molar-refractivity contribution >= 4 is 23.2 Å². The maximum Gasteiger partial charge on any atom is 0.471 e. The van der Waals surface area contributed by atoms with Crippen molar-refractivity contribution in [3.05, 3.63) is 59.2 Å². The first kappa shape index (κ1) is 18.4. The number of amides is 2. The van der Waals surface area contributed by atoms with Crippen LogP contribution in [0.3, 0.4) is 0 Å². The third-order valence-electron chi connectivity index (χ3n) is 3.09. The maximum absolute atomic E-state index is 13.8. The van der Waals surface area contributed by atoms with Crippen LogP contribution in [0.4, 0.5) is 33.3 Å². The largest absolute Gasteiger partial charge is 0.471 e. The van der Waals surface area contributed by atoms with Crippen molar-refractivity contribution in [3.8, 4) is 0 Å². The summed E-state index contributed by atoms with van der Waals surface area (Å²) in [6.07, 6.45) is -5.24. The van der Waals surface area contributed by atoms with E-state index in [-0.39, 0.29) is 11.6 Å². The van der Waals surface area contributed by atoms with Crippen LogP contribution in [0.2, 0.25) is 0 Å². The molecule has 2 aromatic rings. The SMILES string of the molecule is Cc1cccc(C(=O)Nc2cc(NC(=O)C(F)(F)F)c(F)cc2F)c1. The lowest BCUT2D eigenvalue weighted by atomic mass is 10.1. The molecule has 0 spiro atoms. The average molecular weight is 358 g/mol. The monoisotopic (exact) mass is 358 g/mol. The fourth-order valence-electron chi connectivity index (χ4n) is 1.91. The summed E-state index contributed by atoms with van der Waals surface area (Å²) in [7, 11) is 0. The summed E-state index contributed by atoms with van der Waals surface area (Å²) in [6, 6.07) is 7.08. The molecule has 25 heavy (non-hydrogen) atoms. The van der Waals surface area contributed by atoms with E-state index in [4.69, 9.17) is 0 Å². The maximum atomic E-state index is 13.8. The van der Waals surface area contributed by atoms with Gasteiger partial charge in [-0.05, 0) is 25.1 Å². The highest BCUT2D eigenvalue weighted by molar-refractivity contribution is 6.05. The van der Waals surface area contributed by atoms with E-state index < -0.39 is 41.0 Å². The second-order valence-electron chi connectivity index (χ2n) is 5.09. The highest BCUT2D eigenvalue weighted by Crippen LogP contribution is 2.26. The van der Waals surface area contributed by atoms with Gasteiger partial charge < -0.3 is 10.6 Å². The first-order chi connectivity index (χ1) is 11.6. The number of hydrogen-bond acceptors (Lipinski definition) is 2. The van der Waals surface area contributed by atoms with E-state index in [1.54, 1.807) is 19.1 Å². The first-order valence-electron chi connectivity index (χ1n) is 6.83. The summed E-state index contributed by atoms with van der Waals surface area (Å²) >= 11 is 0. The summed E-state index contributed by atoms with van der Waals surface area (Å²) < 4.78 is 64.0. The molecule has 0 saturated carbocycles. The Morgan fingerprint density at radius 1 is 0.920 bits per heavy atom. The van der Waals surface area contributed by atoms with Crippen LogP contribution < -0.4 is 10.6 Å². The van der Waals surface area contributed by atoms with Crippen molar-refractivity contribution in [1.29, 1.82) is 0 Å². The Labute approximate surface area is 138 Å². The minimum Gasteiger partial charge on any atom is -0.319 e. The first-order valence-corrected chi connectivity index (χ1v) is 6.83. The number of aryl methyl sites for hydroxylation is 1. The van der Waals surface area contributed by atoms with Gasteiger partial charge in [0.1, 0.15) is 11.6 Å². The predicted octanol–water partition coefficient (Wildman–Crippen LogP) is 4.03. The summed E-state index contributed by atoms with van der Waals surface area (Å²) in [5, 5.41) is 3.40. The van der Waals surface area contributed by atoms with Gasteiger partial charge in [-0.25, -0.2) is 8.78 Å². The van der Waals surface area contributed by atoms with Crippen molar-refractivity contribution < 1.29 is 31.5 Å². The van der Waals surface area contributed by atoms with Gasteiger partial charge >= 0.3 is 12.1 Å². The van der Waals surface area contributed by atoms with Crippen LogP contribution in [-0.4, -0.2) is 18.0 Å². The van der Waals surface area contributed by atoms with Crippen LogP contribution in [0, 0.1) is 18.6 Å². The molecule has 2 amide bonds. The third kappa shape index (κ3) is 4.52. The molecule has 0 unspecified atom stereocenters. The molecule has 0 aromatic heterocycles. The molecule has 0 aliphatic rings. The molecule has 132 valence electrons. The van der Waals surface area contributed by atoms with E-state index in [2.05, 4.69) is 5.32 Å². The van der Waals surface area contributed by atoms with Crippen molar-refractivity contribution in [2.24, 2.45) is 0 Å². The number of hydrogen-bond donors (Lipinski definition) is 2. The van der Waals surface area contributed by atoms with Gasteiger partial charge in [-0.1, -0.05) is 17.7 Å². The standard InChI is InChI=1S/C16H11F5N2O2/c1-8-3-2-4-9(5-8)14(24)22-12-7-13(11(18)6-10(12)17)23-15(25)16(19,20)21/h2-7H,1H3,(H,22,24)(H,23,25). The minimum absolute atomic E-state index is 0.171. The quantitative estimate of drug-likeness (QED) is 0.814. The normalized spacial score (nSPS) is 11.1. The lowest BCUT2D eigenvalue weighted by Gasteiger charge is -2.12. The van der Waals surface area contributed by atoms with Gasteiger partial charge in [0.15, 0.2) is 0 Å². The van der Waals surface area contributed by atoms with Gasteiger partial charge in [-0.3, -0.25) is 9.59 Å². The van der Waals surface area contributed by atoms with E-state index in [9.17, 15) is 31.5 Å². The average Bonchev–Trinajstić information content (AvgIpc) is 2.50. The molecular formula is C16H11F5N2O2. The van der Waals surface area contributed by atoms with Gasteiger partial charge in [-0.2, -0.15) is 13.2 Å². The van der Waals surface area contributed by atoms with Gasteiger partial charge in [0.25, 0.3) is 5.91 Å². The van der Waals surface area contributed by atoms with Crippen molar-refractivity contribution in [3.63, 3.8) is 0 Å². The zero-order valence-electron chi connectivity index (χ0n) is 12.7. The Balaban J connectivity index is 2.28. The Hall–Kier alpha value is -2.97. The summed E-state index contributed by atoms with van der Waals surface area (Å²) in [5.74, 6) is -5.79. The van der Waals surface area contributed by atoms with Crippen LogP contribution in [0.1, 0.15) is 15.9 Å². The van der Waals surface area contributed by atoms with E-state index in [0.717, 1.165) is 5.56 Å². The molecule has 0 saturated heterocycles. The topological polar surface area (TPSA) is 58.2 Å². The molecule has 0 aliphatic carbocycles. The number of anilines is 2. The van der Waals surface area contributed by atoms with Crippen molar-refractivity contribution in [2.75, 3.05) is 10.6 Å². The van der Waals surface area contributed by atoms with E-state index >= 15 is 0 Å². The van der Waals surface area contributed by atoms with Crippen molar-refractivity contribution in [2.45, 2.75) is 13.1 Å². The molecule has 0 aliphatic heterocycles. The number of rotatable bonds is 3. The summed E-state index contributed by atoms with van der Waals surface area (Å²) in [5.41, 5.74) is -0.566. The fourth-order valence-corrected chi connectivity index (χ4v) is 1.91. The second kappa shape index (κ2) is 6.88. The van der Waals surface area contributed by atoms with E-state index in [0.29, 0.717) is 6.07 Å². The van der Waals surface area contributed by atoms with E-state index in [1.807, 2.05) is 0 Å². The molecule has 9 heteroatoms. The number of nitrogens with one attached hydrogen (secondary N) is 2. The smallest absolute Gasteiger partial charge is 0.319 e. The number of halogens is 5. The number of carbonyl (C=O) groups excluding carboxylic acids is 2. The molecular weight excluding hydrogens is 347 g/mol. The van der Waals surface area contributed by atoms with E-state index in [1.165, 1.54) is 17.4 Å². The van der Waals surface area contributed by atoms with Crippen LogP contribution in [0.15, 0.2) is 36.4 Å². The fraction of sp³-hybridized carbons (Fsp3) is 0.125. The number of benzene rings is 2. The van der Waals surface area contributed by atoms with Crippen LogP contribution in [-0.2, 0) is 4.79 Å². The number of alkyl halides is 3. The minimum atomic E-state index is -5.24. The molecule has 0 atom stereocenters. The zero-order chi connectivity index (χ0) is 18.8. The second-order valence-corrected chi connectivity index (χ2v) is 5.09. The Kier molecular flexibility index (Phi) is 5.05. The zero-order valence-corrected chi connectivity index (χ0v) is 12.7. The highest BCUT2D eigenvalue weighted by atomic mass is 19.4. The Morgan fingerprint density at radius 2 is 1.52 bits per heavy atom. The molecule has 2 N–H and O–H groups in total. The Morgan fingerprint density at radius 3 is 2.08 bits per heavy atom. The lowest BCUT2D eigenvalue weighted by Crippen LogP contribution is -2.30. The lowest BCUT2D eigenvalue weighted by molar-refractivity contribution is -0.167. The molecule has 2 aromatic carbocycles. The Bertz CT molecular complexity index is 834. The van der Waals surface area contributed by atoms with Crippen molar-refractivity contribution in [1.82, 2.24) is 0 Å². The van der Waals surface area contributed by atoms with Gasteiger partial charge in [0.05, 0.1) is 11.4 Å². The van der Waals surface area contributed by atoms with Gasteiger partial charge in [0.2, 0.25) is 0 Å². The van der Waals surface area contributed by atoms with Crippen LogP contribution >= 0.6 is 0 Å². The summed E-state index contributed by atoms with van der Waals surface area (Å²) in [6.45, 7) is 1.72. The van der Waals surface area contributed by atoms with Crippen LogP contribution in [0.5, 0.6) is 0 Å². The molecule has 0 radical (unpaired) electrons. The summed E-state index contributed by atoms with van der Waals surface area (Å²) in [4.78, 5) is 22.9. The van der Waals surface area contributed by atoms with Gasteiger partial charge in [-0.15, -0.1) is 0 Å². The molecule has 4 nitrogen and oxygen atoms in total. The molecule has 0 bridgehead atoms. The molecule has 0 fully saturated rings. The molecule has 0 heterocycles. The van der Waals surface area contributed by atoms with Crippen LogP contribution in [0.25, 0.3) is 0 Å².